The lowest BCUT2D eigenvalue weighted by Crippen LogP contribution is -2.15. The SMILES string of the molecule is CC(C)Cc1c(CNC2CC2)sc2cc3c(cc12)CCC3. The van der Waals surface area contributed by atoms with Gasteiger partial charge in [-0.15, -0.1) is 11.3 Å². The predicted molar refractivity (Wildman–Crippen MR) is 92.3 cm³/mol. The number of aryl methyl sites for hydroxylation is 2. The molecule has 1 aromatic carbocycles. The Balaban J connectivity index is 1.75. The molecule has 0 aliphatic heterocycles. The summed E-state index contributed by atoms with van der Waals surface area (Å²) in [6, 6.07) is 5.81. The van der Waals surface area contributed by atoms with Gasteiger partial charge in [0, 0.05) is 22.2 Å². The zero-order valence-corrected chi connectivity index (χ0v) is 14.0. The molecule has 2 aliphatic carbocycles. The van der Waals surface area contributed by atoms with Crippen molar-refractivity contribution in [2.45, 2.75) is 65.0 Å². The standard InChI is InChI=1S/C19H25NS/c1-12(2)8-16-17-9-13-4-3-5-14(13)10-18(17)21-19(16)11-20-15-6-7-15/h9-10,12,15,20H,3-8,11H2,1-2H3. The Morgan fingerprint density at radius 2 is 1.95 bits per heavy atom. The molecule has 21 heavy (non-hydrogen) atoms. The molecule has 1 saturated carbocycles. The zero-order chi connectivity index (χ0) is 14.4. The van der Waals surface area contributed by atoms with Gasteiger partial charge < -0.3 is 5.32 Å². The van der Waals surface area contributed by atoms with Crippen LogP contribution in [0.25, 0.3) is 10.1 Å². The van der Waals surface area contributed by atoms with E-state index in [0.29, 0.717) is 0 Å². The van der Waals surface area contributed by atoms with E-state index in [9.17, 15) is 0 Å². The third-order valence-electron chi connectivity index (χ3n) is 4.83. The van der Waals surface area contributed by atoms with Crippen molar-refractivity contribution in [3.8, 4) is 0 Å². The molecule has 1 heterocycles. The normalized spacial score (nSPS) is 17.9. The first kappa shape index (κ1) is 13.8. The molecule has 0 saturated heterocycles. The van der Waals surface area contributed by atoms with Crippen LogP contribution in [0, 0.1) is 5.92 Å². The molecule has 0 amide bonds. The van der Waals surface area contributed by atoms with Crippen molar-refractivity contribution in [3.63, 3.8) is 0 Å². The second kappa shape index (κ2) is 5.40. The Kier molecular flexibility index (Phi) is 3.55. The van der Waals surface area contributed by atoms with Gasteiger partial charge in [0.2, 0.25) is 0 Å². The summed E-state index contributed by atoms with van der Waals surface area (Å²) in [7, 11) is 0. The average Bonchev–Trinajstić information content (AvgIpc) is 3.07. The van der Waals surface area contributed by atoms with Gasteiger partial charge in [-0.1, -0.05) is 13.8 Å². The predicted octanol–water partition coefficient (Wildman–Crippen LogP) is 4.84. The van der Waals surface area contributed by atoms with Crippen molar-refractivity contribution in [1.82, 2.24) is 5.32 Å². The largest absolute Gasteiger partial charge is 0.309 e. The van der Waals surface area contributed by atoms with Gasteiger partial charge in [0.1, 0.15) is 0 Å². The Bertz CT molecular complexity index is 664. The van der Waals surface area contributed by atoms with Crippen LogP contribution in [0.4, 0.5) is 0 Å². The number of hydrogen-bond acceptors (Lipinski definition) is 2. The van der Waals surface area contributed by atoms with Crippen LogP contribution in [-0.4, -0.2) is 6.04 Å². The van der Waals surface area contributed by atoms with Gasteiger partial charge in [-0.3, -0.25) is 0 Å². The fraction of sp³-hybridized carbons (Fsp3) is 0.579. The molecule has 0 bridgehead atoms. The number of thiophene rings is 1. The van der Waals surface area contributed by atoms with Gasteiger partial charge in [-0.2, -0.15) is 0 Å². The van der Waals surface area contributed by atoms with E-state index in [0.717, 1.165) is 18.5 Å². The topological polar surface area (TPSA) is 12.0 Å². The van der Waals surface area contributed by atoms with Crippen LogP contribution in [0.2, 0.25) is 0 Å². The highest BCUT2D eigenvalue weighted by atomic mass is 32.1. The molecule has 1 fully saturated rings. The van der Waals surface area contributed by atoms with Crippen molar-refractivity contribution in [2.75, 3.05) is 0 Å². The van der Waals surface area contributed by atoms with Crippen molar-refractivity contribution in [3.05, 3.63) is 33.7 Å². The van der Waals surface area contributed by atoms with Crippen molar-refractivity contribution < 1.29 is 0 Å². The lowest BCUT2D eigenvalue weighted by Gasteiger charge is -2.09. The molecule has 0 radical (unpaired) electrons. The minimum absolute atomic E-state index is 0.732. The molecule has 2 heteroatoms. The summed E-state index contributed by atoms with van der Waals surface area (Å²) in [4.78, 5) is 1.59. The lowest BCUT2D eigenvalue weighted by molar-refractivity contribution is 0.637. The quantitative estimate of drug-likeness (QED) is 0.833. The Hall–Kier alpha value is -0.860. The van der Waals surface area contributed by atoms with Crippen molar-refractivity contribution in [2.24, 2.45) is 5.92 Å². The van der Waals surface area contributed by atoms with Crippen molar-refractivity contribution >= 4 is 21.4 Å². The smallest absolute Gasteiger partial charge is 0.0351 e. The van der Waals surface area contributed by atoms with Crippen LogP contribution in [0.15, 0.2) is 12.1 Å². The Labute approximate surface area is 131 Å². The van der Waals surface area contributed by atoms with Crippen LogP contribution in [-0.2, 0) is 25.8 Å². The van der Waals surface area contributed by atoms with Gasteiger partial charge in [-0.05, 0) is 78.7 Å². The molecule has 112 valence electrons. The molecule has 2 aromatic rings. The number of rotatable bonds is 5. The summed E-state index contributed by atoms with van der Waals surface area (Å²) in [5.41, 5.74) is 4.86. The molecule has 1 aromatic heterocycles. The molecule has 1 nitrogen and oxygen atoms in total. The minimum Gasteiger partial charge on any atom is -0.309 e. The van der Waals surface area contributed by atoms with E-state index in [1.165, 1.54) is 43.2 Å². The summed E-state index contributed by atoms with van der Waals surface area (Å²) in [6.07, 6.45) is 7.90. The molecular weight excluding hydrogens is 274 g/mol. The summed E-state index contributed by atoms with van der Waals surface area (Å²) in [5, 5.41) is 5.27. The van der Waals surface area contributed by atoms with Gasteiger partial charge in [0.05, 0.1) is 0 Å². The van der Waals surface area contributed by atoms with E-state index in [4.69, 9.17) is 0 Å². The van der Waals surface area contributed by atoms with E-state index < -0.39 is 0 Å². The number of nitrogens with one attached hydrogen (secondary N) is 1. The number of fused-ring (bicyclic) bond motifs is 2. The summed E-state index contributed by atoms with van der Waals surface area (Å²) in [6.45, 7) is 5.76. The monoisotopic (exact) mass is 299 g/mol. The first-order valence-electron chi connectivity index (χ1n) is 8.50. The second-order valence-corrected chi connectivity index (χ2v) is 8.36. The first-order chi connectivity index (χ1) is 10.2. The average molecular weight is 299 g/mol. The third-order valence-corrected chi connectivity index (χ3v) is 6.02. The maximum atomic E-state index is 3.72. The van der Waals surface area contributed by atoms with E-state index in [1.807, 2.05) is 11.3 Å². The van der Waals surface area contributed by atoms with Crippen LogP contribution >= 0.6 is 11.3 Å². The molecule has 0 atom stereocenters. The zero-order valence-electron chi connectivity index (χ0n) is 13.2. The van der Waals surface area contributed by atoms with E-state index >= 15 is 0 Å². The first-order valence-corrected chi connectivity index (χ1v) is 9.32. The summed E-state index contributed by atoms with van der Waals surface area (Å²) >= 11 is 2.04. The highest BCUT2D eigenvalue weighted by Crippen LogP contribution is 2.37. The molecule has 4 rings (SSSR count). The number of hydrogen-bond donors (Lipinski definition) is 1. The minimum atomic E-state index is 0.732. The highest BCUT2D eigenvalue weighted by molar-refractivity contribution is 7.19. The maximum absolute atomic E-state index is 3.72. The van der Waals surface area contributed by atoms with E-state index in [-0.39, 0.29) is 0 Å². The van der Waals surface area contributed by atoms with E-state index in [1.54, 1.807) is 27.0 Å². The Morgan fingerprint density at radius 3 is 2.67 bits per heavy atom. The second-order valence-electron chi connectivity index (χ2n) is 7.23. The fourth-order valence-corrected chi connectivity index (χ4v) is 4.80. The fourth-order valence-electron chi connectivity index (χ4n) is 3.57. The maximum Gasteiger partial charge on any atom is 0.0351 e. The Morgan fingerprint density at radius 1 is 1.19 bits per heavy atom. The molecular formula is C19H25NS. The van der Waals surface area contributed by atoms with Gasteiger partial charge >= 0.3 is 0 Å². The van der Waals surface area contributed by atoms with Crippen LogP contribution in [0.3, 0.4) is 0 Å². The highest BCUT2D eigenvalue weighted by Gasteiger charge is 2.22. The third kappa shape index (κ3) is 2.76. The lowest BCUT2D eigenvalue weighted by atomic mass is 9.97. The molecule has 1 N–H and O–H groups in total. The van der Waals surface area contributed by atoms with Crippen LogP contribution in [0.5, 0.6) is 0 Å². The van der Waals surface area contributed by atoms with Gasteiger partial charge in [0.15, 0.2) is 0 Å². The molecule has 2 aliphatic rings. The molecule has 0 spiro atoms. The van der Waals surface area contributed by atoms with Gasteiger partial charge in [-0.25, -0.2) is 0 Å². The van der Waals surface area contributed by atoms with E-state index in [2.05, 4.69) is 31.3 Å². The van der Waals surface area contributed by atoms with Crippen molar-refractivity contribution in [1.29, 1.82) is 0 Å². The summed E-state index contributed by atoms with van der Waals surface area (Å²) in [5.74, 6) is 0.732. The van der Waals surface area contributed by atoms with Crippen LogP contribution in [0.1, 0.15) is 54.7 Å². The number of benzene rings is 1. The molecule has 0 unspecified atom stereocenters. The van der Waals surface area contributed by atoms with Crippen LogP contribution < -0.4 is 5.32 Å². The summed E-state index contributed by atoms with van der Waals surface area (Å²) < 4.78 is 1.53. The van der Waals surface area contributed by atoms with Gasteiger partial charge in [0.25, 0.3) is 0 Å².